The van der Waals surface area contributed by atoms with Crippen LogP contribution in [-0.4, -0.2) is 17.2 Å². The lowest BCUT2D eigenvalue weighted by Gasteiger charge is -2.22. The van der Waals surface area contributed by atoms with Crippen molar-refractivity contribution in [3.05, 3.63) is 29.6 Å². The molecule has 1 aliphatic rings. The minimum Gasteiger partial charge on any atom is -0.373 e. The van der Waals surface area contributed by atoms with Gasteiger partial charge in [0, 0.05) is 18.0 Å². The van der Waals surface area contributed by atoms with E-state index in [2.05, 4.69) is 4.98 Å². The van der Waals surface area contributed by atoms with Crippen molar-refractivity contribution in [1.82, 2.24) is 4.98 Å². The lowest BCUT2D eigenvalue weighted by molar-refractivity contribution is -0.138. The summed E-state index contributed by atoms with van der Waals surface area (Å²) in [7, 11) is 0. The summed E-state index contributed by atoms with van der Waals surface area (Å²) in [5, 5.41) is 0. The van der Waals surface area contributed by atoms with Gasteiger partial charge in [-0.25, -0.2) is 0 Å². The summed E-state index contributed by atoms with van der Waals surface area (Å²) in [5.74, 6) is 0. The number of hydrogen-bond acceptors (Lipinski definition) is 3. The maximum atomic E-state index is 12.8. The number of halogens is 3. The molecule has 1 aromatic heterocycles. The fraction of sp³-hybridized carbons (Fsp3) is 0.583. The Kier molecular flexibility index (Phi) is 3.59. The lowest BCUT2D eigenvalue weighted by atomic mass is 9.97. The second kappa shape index (κ2) is 4.85. The average Bonchev–Trinajstić information content (AvgIpc) is 2.74. The number of aromatic nitrogens is 1. The van der Waals surface area contributed by atoms with Gasteiger partial charge < -0.3 is 10.5 Å². The Labute approximate surface area is 103 Å². The van der Waals surface area contributed by atoms with E-state index in [9.17, 15) is 13.2 Å². The van der Waals surface area contributed by atoms with Crippen molar-refractivity contribution in [3.63, 3.8) is 0 Å². The molecule has 3 unspecified atom stereocenters. The van der Waals surface area contributed by atoms with E-state index in [0.29, 0.717) is 6.42 Å². The second-order valence-electron chi connectivity index (χ2n) is 4.55. The topological polar surface area (TPSA) is 48.1 Å². The Hall–Kier alpha value is -1.14. The van der Waals surface area contributed by atoms with E-state index in [1.54, 1.807) is 0 Å². The second-order valence-corrected chi connectivity index (χ2v) is 4.55. The van der Waals surface area contributed by atoms with Gasteiger partial charge >= 0.3 is 6.18 Å². The van der Waals surface area contributed by atoms with E-state index in [1.807, 2.05) is 6.92 Å². The Balaban J connectivity index is 2.28. The standard InChI is InChI=1S/C12H15F3N2O/c1-7-2-3-10(18-7)11(16)8-6-17-5-4-9(8)12(13,14)15/h4-7,10-11H,2-3,16H2,1H3. The molecule has 0 aromatic carbocycles. The first-order valence-electron chi connectivity index (χ1n) is 5.81. The third-order valence-electron chi connectivity index (χ3n) is 3.18. The first kappa shape index (κ1) is 13.3. The summed E-state index contributed by atoms with van der Waals surface area (Å²) in [4.78, 5) is 3.73. The average molecular weight is 260 g/mol. The van der Waals surface area contributed by atoms with Crippen molar-refractivity contribution in [3.8, 4) is 0 Å². The smallest absolute Gasteiger partial charge is 0.373 e. The van der Waals surface area contributed by atoms with Crippen LogP contribution in [0.4, 0.5) is 13.2 Å². The normalized spacial score (nSPS) is 26.3. The van der Waals surface area contributed by atoms with Crippen LogP contribution in [0.3, 0.4) is 0 Å². The van der Waals surface area contributed by atoms with Crippen LogP contribution in [0.2, 0.25) is 0 Å². The van der Waals surface area contributed by atoms with E-state index in [0.717, 1.165) is 18.7 Å². The predicted molar refractivity (Wildman–Crippen MR) is 59.7 cm³/mol. The molecule has 1 aromatic rings. The van der Waals surface area contributed by atoms with Crippen LogP contribution in [0.1, 0.15) is 36.9 Å². The number of nitrogens with zero attached hydrogens (tertiary/aromatic N) is 1. The fourth-order valence-corrected chi connectivity index (χ4v) is 2.23. The van der Waals surface area contributed by atoms with Crippen LogP contribution in [0.15, 0.2) is 18.5 Å². The number of rotatable bonds is 2. The van der Waals surface area contributed by atoms with Crippen LogP contribution < -0.4 is 5.73 Å². The van der Waals surface area contributed by atoms with Gasteiger partial charge in [-0.2, -0.15) is 13.2 Å². The molecule has 100 valence electrons. The van der Waals surface area contributed by atoms with Gasteiger partial charge in [0.05, 0.1) is 23.8 Å². The van der Waals surface area contributed by atoms with Gasteiger partial charge in [0.15, 0.2) is 0 Å². The molecule has 0 radical (unpaired) electrons. The van der Waals surface area contributed by atoms with Gasteiger partial charge in [-0.1, -0.05) is 0 Å². The van der Waals surface area contributed by atoms with Crippen LogP contribution in [0.25, 0.3) is 0 Å². The molecule has 0 spiro atoms. The van der Waals surface area contributed by atoms with Crippen LogP contribution in [-0.2, 0) is 10.9 Å². The summed E-state index contributed by atoms with van der Waals surface area (Å²) < 4.78 is 44.1. The number of alkyl halides is 3. The van der Waals surface area contributed by atoms with Crippen molar-refractivity contribution in [1.29, 1.82) is 0 Å². The maximum Gasteiger partial charge on any atom is 0.416 e. The molecule has 6 heteroatoms. The number of hydrogen-bond donors (Lipinski definition) is 1. The van der Waals surface area contributed by atoms with Crippen molar-refractivity contribution >= 4 is 0 Å². The quantitative estimate of drug-likeness (QED) is 0.889. The highest BCUT2D eigenvalue weighted by Crippen LogP contribution is 2.36. The van der Waals surface area contributed by atoms with Gasteiger partial charge in [0.2, 0.25) is 0 Å². The summed E-state index contributed by atoms with van der Waals surface area (Å²) in [5.41, 5.74) is 5.17. The summed E-state index contributed by atoms with van der Waals surface area (Å²) in [6.45, 7) is 1.89. The van der Waals surface area contributed by atoms with E-state index in [-0.39, 0.29) is 17.8 Å². The molecule has 3 nitrogen and oxygen atoms in total. The third kappa shape index (κ3) is 2.64. The van der Waals surface area contributed by atoms with Crippen LogP contribution in [0.5, 0.6) is 0 Å². The number of pyridine rings is 1. The number of ether oxygens (including phenoxy) is 1. The molecule has 2 heterocycles. The van der Waals surface area contributed by atoms with Gasteiger partial charge in [-0.3, -0.25) is 4.98 Å². The van der Waals surface area contributed by atoms with Gasteiger partial charge in [-0.15, -0.1) is 0 Å². The SMILES string of the molecule is CC1CCC(C(N)c2cnccc2C(F)(F)F)O1. The molecular formula is C12H15F3N2O. The minimum absolute atomic E-state index is 0.00380. The van der Waals surface area contributed by atoms with Crippen molar-refractivity contribution in [2.24, 2.45) is 5.73 Å². The molecule has 0 bridgehead atoms. The largest absolute Gasteiger partial charge is 0.416 e. The zero-order chi connectivity index (χ0) is 13.3. The van der Waals surface area contributed by atoms with E-state index < -0.39 is 17.8 Å². The highest BCUT2D eigenvalue weighted by Gasteiger charge is 2.37. The molecule has 18 heavy (non-hydrogen) atoms. The van der Waals surface area contributed by atoms with Gasteiger partial charge in [0.1, 0.15) is 0 Å². The van der Waals surface area contributed by atoms with Gasteiger partial charge in [0.25, 0.3) is 0 Å². The van der Waals surface area contributed by atoms with Crippen molar-refractivity contribution in [2.75, 3.05) is 0 Å². The van der Waals surface area contributed by atoms with Gasteiger partial charge in [-0.05, 0) is 25.8 Å². The summed E-state index contributed by atoms with van der Waals surface area (Å²) in [6, 6.07) is 0.161. The lowest BCUT2D eigenvalue weighted by Crippen LogP contribution is -2.29. The minimum atomic E-state index is -4.42. The zero-order valence-electron chi connectivity index (χ0n) is 9.95. The summed E-state index contributed by atoms with van der Waals surface area (Å²) in [6.07, 6.45) is -0.941. The maximum absolute atomic E-state index is 12.8. The molecule has 0 saturated carbocycles. The van der Waals surface area contributed by atoms with E-state index in [4.69, 9.17) is 10.5 Å². The zero-order valence-corrected chi connectivity index (χ0v) is 9.95. The monoisotopic (exact) mass is 260 g/mol. The number of nitrogens with two attached hydrogens (primary N) is 1. The molecule has 1 saturated heterocycles. The first-order chi connectivity index (χ1) is 8.39. The molecular weight excluding hydrogens is 245 g/mol. The molecule has 0 aliphatic carbocycles. The molecule has 1 aliphatic heterocycles. The molecule has 3 atom stereocenters. The molecule has 1 fully saturated rings. The molecule has 0 amide bonds. The van der Waals surface area contributed by atoms with Crippen LogP contribution >= 0.6 is 0 Å². The van der Waals surface area contributed by atoms with Crippen molar-refractivity contribution < 1.29 is 17.9 Å². The highest BCUT2D eigenvalue weighted by molar-refractivity contribution is 5.30. The van der Waals surface area contributed by atoms with Crippen molar-refractivity contribution in [2.45, 2.75) is 44.2 Å². The predicted octanol–water partition coefficient (Wildman–Crippen LogP) is 2.67. The highest BCUT2D eigenvalue weighted by atomic mass is 19.4. The first-order valence-corrected chi connectivity index (χ1v) is 5.81. The Bertz CT molecular complexity index is 422. The van der Waals surface area contributed by atoms with Crippen LogP contribution in [0, 0.1) is 0 Å². The molecule has 2 N–H and O–H groups in total. The summed E-state index contributed by atoms with van der Waals surface area (Å²) >= 11 is 0. The van der Waals surface area contributed by atoms with E-state index in [1.165, 1.54) is 6.20 Å². The Morgan fingerprint density at radius 2 is 2.17 bits per heavy atom. The Morgan fingerprint density at radius 3 is 2.72 bits per heavy atom. The molecule has 2 rings (SSSR count). The fourth-order valence-electron chi connectivity index (χ4n) is 2.23. The van der Waals surface area contributed by atoms with E-state index >= 15 is 0 Å². The third-order valence-corrected chi connectivity index (χ3v) is 3.18. The Morgan fingerprint density at radius 1 is 1.44 bits per heavy atom.